The van der Waals surface area contributed by atoms with Crippen LogP contribution in [0.4, 0.5) is 0 Å². The van der Waals surface area contributed by atoms with Crippen LogP contribution < -0.4 is 10.1 Å². The van der Waals surface area contributed by atoms with E-state index in [1.165, 1.54) is 5.56 Å². The number of halogens is 1. The van der Waals surface area contributed by atoms with Crippen molar-refractivity contribution in [2.24, 2.45) is 0 Å². The van der Waals surface area contributed by atoms with E-state index >= 15 is 0 Å². The third kappa shape index (κ3) is 3.99. The van der Waals surface area contributed by atoms with E-state index in [-0.39, 0.29) is 5.41 Å². The summed E-state index contributed by atoms with van der Waals surface area (Å²) in [6.45, 7) is 6.03. The lowest BCUT2D eigenvalue weighted by atomic mass is 9.84. The predicted octanol–water partition coefficient (Wildman–Crippen LogP) is 4.42. The van der Waals surface area contributed by atoms with E-state index in [9.17, 15) is 0 Å². The summed E-state index contributed by atoms with van der Waals surface area (Å²) in [6.07, 6.45) is 0. The molecule has 0 saturated heterocycles. The predicted molar refractivity (Wildman–Crippen MR) is 89.2 cm³/mol. The second-order valence-electron chi connectivity index (χ2n) is 5.77. The highest BCUT2D eigenvalue weighted by molar-refractivity contribution is 6.31. The van der Waals surface area contributed by atoms with Gasteiger partial charge in [0.2, 0.25) is 0 Å². The van der Waals surface area contributed by atoms with Crippen molar-refractivity contribution >= 4 is 11.6 Å². The Morgan fingerprint density at radius 1 is 1.05 bits per heavy atom. The first-order valence-electron chi connectivity index (χ1n) is 7.12. The van der Waals surface area contributed by atoms with Gasteiger partial charge < -0.3 is 10.1 Å². The molecule has 0 aromatic heterocycles. The summed E-state index contributed by atoms with van der Waals surface area (Å²) >= 11 is 6.26. The fourth-order valence-corrected chi connectivity index (χ4v) is 2.63. The van der Waals surface area contributed by atoms with E-state index in [0.717, 1.165) is 22.9 Å². The number of benzene rings is 2. The molecule has 0 aliphatic heterocycles. The summed E-state index contributed by atoms with van der Waals surface area (Å²) in [5.41, 5.74) is 2.39. The molecule has 2 rings (SSSR count). The van der Waals surface area contributed by atoms with Gasteiger partial charge in [-0.15, -0.1) is 0 Å². The summed E-state index contributed by atoms with van der Waals surface area (Å²) in [5, 5.41) is 4.23. The van der Waals surface area contributed by atoms with Crippen molar-refractivity contribution in [1.29, 1.82) is 0 Å². The first-order valence-corrected chi connectivity index (χ1v) is 7.50. The fraction of sp³-hybridized carbons (Fsp3) is 0.333. The molecule has 21 heavy (non-hydrogen) atoms. The van der Waals surface area contributed by atoms with E-state index in [1.807, 2.05) is 24.3 Å². The van der Waals surface area contributed by atoms with E-state index in [2.05, 4.69) is 43.4 Å². The zero-order valence-corrected chi connectivity index (χ0v) is 13.6. The van der Waals surface area contributed by atoms with Crippen molar-refractivity contribution in [3.8, 4) is 5.75 Å². The first kappa shape index (κ1) is 15.9. The lowest BCUT2D eigenvalue weighted by Crippen LogP contribution is -2.32. The van der Waals surface area contributed by atoms with Crippen LogP contribution >= 0.6 is 11.6 Å². The van der Waals surface area contributed by atoms with Crippen LogP contribution in [0.25, 0.3) is 0 Å². The molecule has 2 aromatic rings. The summed E-state index contributed by atoms with van der Waals surface area (Å²) in [5.74, 6) is 0.826. The fourth-order valence-electron chi connectivity index (χ4n) is 2.39. The number of hydrogen-bond donors (Lipinski definition) is 1. The molecule has 0 fully saturated rings. The quantitative estimate of drug-likeness (QED) is 0.853. The van der Waals surface area contributed by atoms with Crippen LogP contribution in [-0.4, -0.2) is 13.7 Å². The summed E-state index contributed by atoms with van der Waals surface area (Å²) in [4.78, 5) is 0. The van der Waals surface area contributed by atoms with Crippen molar-refractivity contribution in [2.45, 2.75) is 25.8 Å². The molecule has 0 aliphatic carbocycles. The third-order valence-corrected chi connectivity index (χ3v) is 4.07. The second kappa shape index (κ2) is 6.97. The van der Waals surface area contributed by atoms with Gasteiger partial charge in [0.05, 0.1) is 7.11 Å². The summed E-state index contributed by atoms with van der Waals surface area (Å²) < 4.78 is 5.37. The highest BCUT2D eigenvalue weighted by Crippen LogP contribution is 2.27. The Morgan fingerprint density at radius 3 is 2.43 bits per heavy atom. The average molecular weight is 304 g/mol. The molecule has 0 atom stereocenters. The minimum atomic E-state index is 0.0652. The van der Waals surface area contributed by atoms with Gasteiger partial charge in [-0.3, -0.25) is 0 Å². The molecule has 0 unspecified atom stereocenters. The van der Waals surface area contributed by atoms with E-state index in [4.69, 9.17) is 16.3 Å². The average Bonchev–Trinajstić information content (AvgIpc) is 2.49. The Kier molecular flexibility index (Phi) is 5.27. The van der Waals surface area contributed by atoms with Gasteiger partial charge >= 0.3 is 0 Å². The smallest absolute Gasteiger partial charge is 0.124 e. The maximum absolute atomic E-state index is 6.26. The van der Waals surface area contributed by atoms with Crippen molar-refractivity contribution in [3.63, 3.8) is 0 Å². The Labute approximate surface area is 132 Å². The molecule has 0 amide bonds. The van der Waals surface area contributed by atoms with Gasteiger partial charge in [0.1, 0.15) is 5.75 Å². The number of ether oxygens (including phenoxy) is 1. The lowest BCUT2D eigenvalue weighted by molar-refractivity contribution is 0.404. The largest absolute Gasteiger partial charge is 0.496 e. The van der Waals surface area contributed by atoms with Crippen molar-refractivity contribution < 1.29 is 4.74 Å². The van der Waals surface area contributed by atoms with Gasteiger partial charge in [0, 0.05) is 29.1 Å². The van der Waals surface area contributed by atoms with Gasteiger partial charge in [-0.1, -0.05) is 61.8 Å². The maximum atomic E-state index is 6.26. The van der Waals surface area contributed by atoms with Crippen molar-refractivity contribution in [1.82, 2.24) is 5.32 Å². The molecule has 0 bridgehead atoms. The zero-order chi connectivity index (χ0) is 15.3. The van der Waals surface area contributed by atoms with Crippen LogP contribution in [0.2, 0.25) is 5.02 Å². The van der Waals surface area contributed by atoms with E-state index in [0.29, 0.717) is 6.54 Å². The second-order valence-corrected chi connectivity index (χ2v) is 6.18. The Hall–Kier alpha value is -1.51. The Balaban J connectivity index is 2.02. The Morgan fingerprint density at radius 2 is 1.76 bits per heavy atom. The number of nitrogens with one attached hydrogen (secondary N) is 1. The van der Waals surface area contributed by atoms with Crippen LogP contribution in [0.5, 0.6) is 5.75 Å². The van der Waals surface area contributed by atoms with Crippen molar-refractivity contribution in [2.75, 3.05) is 13.7 Å². The van der Waals surface area contributed by atoms with Gasteiger partial charge in [0.25, 0.3) is 0 Å². The molecule has 0 aliphatic rings. The van der Waals surface area contributed by atoms with Crippen LogP contribution in [0.3, 0.4) is 0 Å². The van der Waals surface area contributed by atoms with Gasteiger partial charge in [0.15, 0.2) is 0 Å². The first-order chi connectivity index (χ1) is 10.0. The standard InChI is InChI=1S/C18H22ClNO/c1-18(2,14-8-5-4-6-9-14)13-20-12-15-16(19)10-7-11-17(15)21-3/h4-11,20H,12-13H2,1-3H3. The van der Waals surface area contributed by atoms with E-state index in [1.54, 1.807) is 7.11 Å². The van der Waals surface area contributed by atoms with Crippen LogP contribution in [-0.2, 0) is 12.0 Å². The van der Waals surface area contributed by atoms with Crippen LogP contribution in [0.15, 0.2) is 48.5 Å². The molecule has 112 valence electrons. The highest BCUT2D eigenvalue weighted by Gasteiger charge is 2.20. The molecule has 0 heterocycles. The summed E-state index contributed by atoms with van der Waals surface area (Å²) in [6, 6.07) is 16.3. The molecular formula is C18H22ClNO. The van der Waals surface area contributed by atoms with Crippen LogP contribution in [0.1, 0.15) is 25.0 Å². The Bertz CT molecular complexity index is 581. The van der Waals surface area contributed by atoms with E-state index < -0.39 is 0 Å². The third-order valence-electron chi connectivity index (χ3n) is 3.72. The maximum Gasteiger partial charge on any atom is 0.124 e. The number of hydrogen-bond acceptors (Lipinski definition) is 2. The summed E-state index contributed by atoms with van der Waals surface area (Å²) in [7, 11) is 1.67. The number of rotatable bonds is 6. The van der Waals surface area contributed by atoms with Gasteiger partial charge in [-0.05, 0) is 17.7 Å². The molecule has 0 spiro atoms. The molecular weight excluding hydrogens is 282 g/mol. The lowest BCUT2D eigenvalue weighted by Gasteiger charge is -2.26. The number of methoxy groups -OCH3 is 1. The molecule has 3 heteroatoms. The van der Waals surface area contributed by atoms with Gasteiger partial charge in [-0.25, -0.2) is 0 Å². The highest BCUT2D eigenvalue weighted by atomic mass is 35.5. The molecule has 0 radical (unpaired) electrons. The van der Waals surface area contributed by atoms with Crippen molar-refractivity contribution in [3.05, 3.63) is 64.7 Å². The SMILES string of the molecule is COc1cccc(Cl)c1CNCC(C)(C)c1ccccc1. The molecule has 2 aromatic carbocycles. The topological polar surface area (TPSA) is 21.3 Å². The normalized spacial score (nSPS) is 11.4. The minimum Gasteiger partial charge on any atom is -0.496 e. The monoisotopic (exact) mass is 303 g/mol. The molecule has 0 saturated carbocycles. The van der Waals surface area contributed by atoms with Crippen LogP contribution in [0, 0.1) is 0 Å². The zero-order valence-electron chi connectivity index (χ0n) is 12.8. The molecule has 2 nitrogen and oxygen atoms in total. The van der Waals surface area contributed by atoms with Gasteiger partial charge in [-0.2, -0.15) is 0 Å². The molecule has 1 N–H and O–H groups in total. The minimum absolute atomic E-state index is 0.0652.